The van der Waals surface area contributed by atoms with Crippen molar-refractivity contribution in [2.24, 2.45) is 11.8 Å². The van der Waals surface area contributed by atoms with E-state index < -0.39 is 0 Å². The zero-order chi connectivity index (χ0) is 19.5. The molecule has 0 N–H and O–H groups in total. The van der Waals surface area contributed by atoms with E-state index in [4.69, 9.17) is 9.47 Å². The average molecular weight is 363 g/mol. The molecule has 1 rings (SSSR count). The first kappa shape index (κ1) is 22.2. The lowest BCUT2D eigenvalue weighted by Gasteiger charge is -2.14. The summed E-state index contributed by atoms with van der Waals surface area (Å²) in [5, 5.41) is 0. The van der Waals surface area contributed by atoms with E-state index in [1.165, 1.54) is 0 Å². The first-order valence-electron chi connectivity index (χ1n) is 9.86. The molecule has 0 saturated carbocycles. The Hall–Kier alpha value is -1.84. The van der Waals surface area contributed by atoms with Gasteiger partial charge in [0.15, 0.2) is 11.5 Å². The van der Waals surface area contributed by atoms with Gasteiger partial charge in [0.25, 0.3) is 0 Å². The van der Waals surface area contributed by atoms with Gasteiger partial charge in [0.05, 0.1) is 0 Å². The van der Waals surface area contributed by atoms with E-state index in [0.29, 0.717) is 42.6 Å². The molecule has 0 fully saturated rings. The van der Waals surface area contributed by atoms with Crippen LogP contribution in [0.3, 0.4) is 0 Å². The van der Waals surface area contributed by atoms with Crippen molar-refractivity contribution in [3.63, 3.8) is 0 Å². The van der Waals surface area contributed by atoms with Crippen LogP contribution in [0.1, 0.15) is 78.7 Å². The van der Waals surface area contributed by atoms with Crippen LogP contribution in [0.15, 0.2) is 18.2 Å². The molecule has 0 bridgehead atoms. The molecule has 0 aromatic heterocycles. The Morgan fingerprint density at radius 2 is 1.42 bits per heavy atom. The van der Waals surface area contributed by atoms with Crippen LogP contribution in [0.25, 0.3) is 0 Å². The fourth-order valence-corrected chi connectivity index (χ4v) is 2.68. The molecule has 0 amide bonds. The number of hydrogen-bond acceptors (Lipinski definition) is 4. The summed E-state index contributed by atoms with van der Waals surface area (Å²) >= 11 is 0. The van der Waals surface area contributed by atoms with Crippen LogP contribution in [-0.4, -0.2) is 11.9 Å². The van der Waals surface area contributed by atoms with Gasteiger partial charge < -0.3 is 9.47 Å². The second-order valence-corrected chi connectivity index (χ2v) is 7.62. The zero-order valence-corrected chi connectivity index (χ0v) is 17.0. The summed E-state index contributed by atoms with van der Waals surface area (Å²) in [6.07, 6.45) is 5.02. The summed E-state index contributed by atoms with van der Waals surface area (Å²) in [5.41, 5.74) is 0.870. The van der Waals surface area contributed by atoms with Crippen molar-refractivity contribution in [1.82, 2.24) is 0 Å². The van der Waals surface area contributed by atoms with Crippen molar-refractivity contribution < 1.29 is 19.1 Å². The molecular formula is C22H34O4. The van der Waals surface area contributed by atoms with Gasteiger partial charge in [-0.25, -0.2) is 0 Å². The van der Waals surface area contributed by atoms with Crippen molar-refractivity contribution in [2.75, 3.05) is 0 Å². The number of carbonyl (C=O) groups excluding carboxylic acids is 2. The minimum Gasteiger partial charge on any atom is -0.423 e. The maximum absolute atomic E-state index is 12.2. The molecular weight excluding hydrogens is 328 g/mol. The van der Waals surface area contributed by atoms with Crippen LogP contribution in [0.5, 0.6) is 11.5 Å². The minimum absolute atomic E-state index is 0.274. The van der Waals surface area contributed by atoms with Crippen LogP contribution < -0.4 is 9.47 Å². The van der Waals surface area contributed by atoms with Crippen molar-refractivity contribution in [2.45, 2.75) is 79.6 Å². The lowest BCUT2D eigenvalue weighted by Crippen LogP contribution is -2.13. The molecule has 0 saturated heterocycles. The number of aryl methyl sites for hydroxylation is 1. The summed E-state index contributed by atoms with van der Waals surface area (Å²) in [6.45, 7) is 10.5. The molecule has 4 heteroatoms. The Kier molecular flexibility index (Phi) is 10.0. The van der Waals surface area contributed by atoms with E-state index in [9.17, 15) is 9.59 Å². The molecule has 0 aliphatic heterocycles. The fourth-order valence-electron chi connectivity index (χ4n) is 2.68. The number of carbonyl (C=O) groups is 2. The number of ether oxygens (including phenoxy) is 2. The molecule has 0 atom stereocenters. The van der Waals surface area contributed by atoms with E-state index in [-0.39, 0.29) is 11.9 Å². The van der Waals surface area contributed by atoms with Gasteiger partial charge in [0.1, 0.15) is 0 Å². The maximum atomic E-state index is 12.2. The SMILES string of the molecule is CCc1cccc(OC(=O)CCCC(C)C)c1OC(=O)CCCC(C)C. The topological polar surface area (TPSA) is 52.6 Å². The first-order valence-corrected chi connectivity index (χ1v) is 9.86. The van der Waals surface area contributed by atoms with Gasteiger partial charge >= 0.3 is 11.9 Å². The monoisotopic (exact) mass is 362 g/mol. The molecule has 146 valence electrons. The Morgan fingerprint density at radius 3 is 1.92 bits per heavy atom. The quantitative estimate of drug-likeness (QED) is 0.373. The van der Waals surface area contributed by atoms with E-state index in [0.717, 1.165) is 31.2 Å². The zero-order valence-electron chi connectivity index (χ0n) is 17.0. The van der Waals surface area contributed by atoms with Crippen molar-refractivity contribution in [3.05, 3.63) is 23.8 Å². The predicted molar refractivity (Wildman–Crippen MR) is 104 cm³/mol. The molecule has 0 aliphatic carbocycles. The number of rotatable bonds is 11. The normalized spacial score (nSPS) is 11.0. The van der Waals surface area contributed by atoms with Gasteiger partial charge in [-0.2, -0.15) is 0 Å². The van der Waals surface area contributed by atoms with Crippen LogP contribution >= 0.6 is 0 Å². The Labute approximate surface area is 158 Å². The largest absolute Gasteiger partial charge is 0.423 e. The minimum atomic E-state index is -0.281. The summed E-state index contributed by atoms with van der Waals surface area (Å²) in [7, 11) is 0. The van der Waals surface area contributed by atoms with Gasteiger partial charge in [-0.15, -0.1) is 0 Å². The Morgan fingerprint density at radius 1 is 0.885 bits per heavy atom. The molecule has 4 nitrogen and oxygen atoms in total. The van der Waals surface area contributed by atoms with Crippen molar-refractivity contribution in [1.29, 1.82) is 0 Å². The van der Waals surface area contributed by atoms with E-state index >= 15 is 0 Å². The molecule has 0 heterocycles. The summed E-state index contributed by atoms with van der Waals surface area (Å²) in [4.78, 5) is 24.3. The average Bonchev–Trinajstić information content (AvgIpc) is 2.55. The smallest absolute Gasteiger partial charge is 0.311 e. The highest BCUT2D eigenvalue weighted by Gasteiger charge is 2.17. The highest BCUT2D eigenvalue weighted by molar-refractivity contribution is 5.76. The molecule has 1 aromatic rings. The van der Waals surface area contributed by atoms with Crippen LogP contribution in [0, 0.1) is 11.8 Å². The van der Waals surface area contributed by atoms with Crippen molar-refractivity contribution in [3.8, 4) is 11.5 Å². The summed E-state index contributed by atoms with van der Waals surface area (Å²) in [5.74, 6) is 1.30. The van der Waals surface area contributed by atoms with Gasteiger partial charge in [-0.05, 0) is 42.7 Å². The number of para-hydroxylation sites is 1. The van der Waals surface area contributed by atoms with Gasteiger partial charge in [0, 0.05) is 12.8 Å². The van der Waals surface area contributed by atoms with E-state index in [1.54, 1.807) is 6.07 Å². The molecule has 0 radical (unpaired) electrons. The molecule has 26 heavy (non-hydrogen) atoms. The number of esters is 2. The lowest BCUT2D eigenvalue weighted by atomic mass is 10.1. The number of benzene rings is 1. The van der Waals surface area contributed by atoms with Crippen LogP contribution in [0.4, 0.5) is 0 Å². The Bertz CT molecular complexity index is 576. The standard InChI is InChI=1S/C22H34O4/c1-6-18-12-9-13-19(25-20(23)14-7-10-16(2)3)22(18)26-21(24)15-8-11-17(4)5/h9,12-13,16-17H,6-8,10-11,14-15H2,1-5H3. The summed E-state index contributed by atoms with van der Waals surface area (Å²) < 4.78 is 11.1. The molecule has 0 aliphatic rings. The molecule has 1 aromatic carbocycles. The van der Waals surface area contributed by atoms with Gasteiger partial charge in [-0.3, -0.25) is 9.59 Å². The fraction of sp³-hybridized carbons (Fsp3) is 0.636. The van der Waals surface area contributed by atoms with Crippen molar-refractivity contribution >= 4 is 11.9 Å². The number of hydrogen-bond donors (Lipinski definition) is 0. The molecule has 0 unspecified atom stereocenters. The van der Waals surface area contributed by atoms with E-state index in [1.807, 2.05) is 19.1 Å². The Balaban J connectivity index is 2.74. The van der Waals surface area contributed by atoms with Gasteiger partial charge in [0.2, 0.25) is 0 Å². The highest BCUT2D eigenvalue weighted by Crippen LogP contribution is 2.32. The highest BCUT2D eigenvalue weighted by atomic mass is 16.6. The third-order valence-electron chi connectivity index (χ3n) is 4.21. The second-order valence-electron chi connectivity index (χ2n) is 7.62. The maximum Gasteiger partial charge on any atom is 0.311 e. The predicted octanol–water partition coefficient (Wildman–Crippen LogP) is 5.71. The molecule has 0 spiro atoms. The summed E-state index contributed by atoms with van der Waals surface area (Å²) in [6, 6.07) is 5.41. The lowest BCUT2D eigenvalue weighted by molar-refractivity contribution is -0.137. The third-order valence-corrected chi connectivity index (χ3v) is 4.21. The second kappa shape index (κ2) is 11.7. The third kappa shape index (κ3) is 8.50. The van der Waals surface area contributed by atoms with Crippen LogP contribution in [0.2, 0.25) is 0 Å². The first-order chi connectivity index (χ1) is 12.3. The van der Waals surface area contributed by atoms with E-state index in [2.05, 4.69) is 27.7 Å². The van der Waals surface area contributed by atoms with Gasteiger partial charge in [-0.1, -0.05) is 59.6 Å². The van der Waals surface area contributed by atoms with Crippen LogP contribution in [-0.2, 0) is 16.0 Å².